The summed E-state index contributed by atoms with van der Waals surface area (Å²) >= 11 is 2.09. The van der Waals surface area contributed by atoms with E-state index in [4.69, 9.17) is 0 Å². The highest BCUT2D eigenvalue weighted by Gasteiger charge is 2.17. The highest BCUT2D eigenvalue weighted by atomic mass is 32.2. The number of hydrogen-bond donors (Lipinski definition) is 2. The molecule has 2 heterocycles. The van der Waals surface area contributed by atoms with Gasteiger partial charge in [-0.3, -0.25) is 9.89 Å². The molecular weight excluding hydrogens is 354 g/mol. The van der Waals surface area contributed by atoms with Crippen LogP contribution >= 0.6 is 11.8 Å². The lowest BCUT2D eigenvalue weighted by Crippen LogP contribution is -2.46. The third kappa shape index (κ3) is 7.35. The summed E-state index contributed by atoms with van der Waals surface area (Å²) in [6.45, 7) is 8.97. The van der Waals surface area contributed by atoms with Gasteiger partial charge >= 0.3 is 0 Å². The molecule has 2 fully saturated rings. The first-order valence-electron chi connectivity index (χ1n) is 10.4. The SMILES string of the molecule is CN=C(NCCCN1CCN(Cc2ccccc2)CC1)NCC1CCCS1. The molecule has 1 aromatic rings. The number of benzene rings is 1. The molecule has 0 saturated carbocycles. The van der Waals surface area contributed by atoms with Crippen LogP contribution in [0.15, 0.2) is 35.3 Å². The first-order chi connectivity index (χ1) is 13.3. The second kappa shape index (κ2) is 11.6. The quantitative estimate of drug-likeness (QED) is 0.406. The van der Waals surface area contributed by atoms with Crippen molar-refractivity contribution < 1.29 is 0 Å². The van der Waals surface area contributed by atoms with Crippen LogP contribution in [0.1, 0.15) is 24.8 Å². The molecule has 1 unspecified atom stereocenters. The number of thioether (sulfide) groups is 1. The van der Waals surface area contributed by atoms with E-state index in [1.54, 1.807) is 0 Å². The van der Waals surface area contributed by atoms with Crippen LogP contribution in [0.2, 0.25) is 0 Å². The number of rotatable bonds is 8. The maximum atomic E-state index is 4.35. The van der Waals surface area contributed by atoms with Gasteiger partial charge in [0.25, 0.3) is 0 Å². The fourth-order valence-corrected chi connectivity index (χ4v) is 4.96. The van der Waals surface area contributed by atoms with E-state index >= 15 is 0 Å². The molecule has 2 saturated heterocycles. The van der Waals surface area contributed by atoms with Crippen LogP contribution in [-0.4, -0.2) is 79.6 Å². The Bertz CT molecular complexity index is 551. The molecular formula is C21H35N5S. The van der Waals surface area contributed by atoms with Gasteiger partial charge in [0.05, 0.1) is 0 Å². The van der Waals surface area contributed by atoms with Crippen LogP contribution in [-0.2, 0) is 6.54 Å². The average molecular weight is 390 g/mol. The van der Waals surface area contributed by atoms with Gasteiger partial charge in [0.15, 0.2) is 5.96 Å². The summed E-state index contributed by atoms with van der Waals surface area (Å²) in [4.78, 5) is 9.51. The van der Waals surface area contributed by atoms with Gasteiger partial charge in [-0.05, 0) is 37.1 Å². The molecule has 2 aliphatic heterocycles. The smallest absolute Gasteiger partial charge is 0.191 e. The van der Waals surface area contributed by atoms with E-state index in [1.165, 1.54) is 56.9 Å². The minimum atomic E-state index is 0.760. The molecule has 0 aliphatic carbocycles. The lowest BCUT2D eigenvalue weighted by atomic mass is 10.2. The predicted octanol–water partition coefficient (Wildman–Crippen LogP) is 2.25. The number of aliphatic imine (C=N–C) groups is 1. The highest BCUT2D eigenvalue weighted by Crippen LogP contribution is 2.25. The molecule has 0 aromatic heterocycles. The van der Waals surface area contributed by atoms with Crippen LogP contribution in [0.4, 0.5) is 0 Å². The van der Waals surface area contributed by atoms with Crippen molar-refractivity contribution >= 4 is 17.7 Å². The molecule has 2 aliphatic rings. The Morgan fingerprint density at radius 3 is 2.59 bits per heavy atom. The number of hydrogen-bond acceptors (Lipinski definition) is 4. The van der Waals surface area contributed by atoms with Crippen LogP contribution in [0.25, 0.3) is 0 Å². The van der Waals surface area contributed by atoms with Crippen molar-refractivity contribution in [2.45, 2.75) is 31.1 Å². The maximum absolute atomic E-state index is 4.35. The predicted molar refractivity (Wildman–Crippen MR) is 118 cm³/mol. The Kier molecular flexibility index (Phi) is 8.78. The van der Waals surface area contributed by atoms with E-state index in [0.717, 1.165) is 37.3 Å². The number of piperazine rings is 1. The monoisotopic (exact) mass is 389 g/mol. The third-order valence-electron chi connectivity index (χ3n) is 5.40. The summed E-state index contributed by atoms with van der Waals surface area (Å²) in [5, 5.41) is 7.70. The topological polar surface area (TPSA) is 42.9 Å². The van der Waals surface area contributed by atoms with Crippen molar-refractivity contribution in [2.75, 3.05) is 58.6 Å². The van der Waals surface area contributed by atoms with Crippen molar-refractivity contribution in [1.29, 1.82) is 0 Å². The maximum Gasteiger partial charge on any atom is 0.191 e. The van der Waals surface area contributed by atoms with Gasteiger partial charge in [-0.25, -0.2) is 0 Å². The molecule has 27 heavy (non-hydrogen) atoms. The zero-order chi connectivity index (χ0) is 18.7. The fourth-order valence-electron chi connectivity index (χ4n) is 3.76. The lowest BCUT2D eigenvalue weighted by Gasteiger charge is -2.34. The average Bonchev–Trinajstić information content (AvgIpc) is 3.23. The summed E-state index contributed by atoms with van der Waals surface area (Å²) in [5.41, 5.74) is 1.42. The van der Waals surface area contributed by atoms with Crippen LogP contribution in [0.5, 0.6) is 0 Å². The van der Waals surface area contributed by atoms with E-state index in [2.05, 4.69) is 67.5 Å². The molecule has 2 N–H and O–H groups in total. The molecule has 0 radical (unpaired) electrons. The fraction of sp³-hybridized carbons (Fsp3) is 0.667. The van der Waals surface area contributed by atoms with Gasteiger partial charge < -0.3 is 15.5 Å². The van der Waals surface area contributed by atoms with Crippen molar-refractivity contribution in [3.05, 3.63) is 35.9 Å². The van der Waals surface area contributed by atoms with Gasteiger partial charge in [-0.15, -0.1) is 0 Å². The van der Waals surface area contributed by atoms with Gasteiger partial charge in [0.2, 0.25) is 0 Å². The van der Waals surface area contributed by atoms with Gasteiger partial charge in [-0.2, -0.15) is 11.8 Å². The van der Waals surface area contributed by atoms with Crippen LogP contribution < -0.4 is 10.6 Å². The zero-order valence-corrected chi connectivity index (χ0v) is 17.5. The Labute approximate surface area is 169 Å². The number of nitrogens with zero attached hydrogens (tertiary/aromatic N) is 3. The van der Waals surface area contributed by atoms with Crippen molar-refractivity contribution in [3.8, 4) is 0 Å². The lowest BCUT2D eigenvalue weighted by molar-refractivity contribution is 0.126. The largest absolute Gasteiger partial charge is 0.356 e. The first-order valence-corrected chi connectivity index (χ1v) is 11.4. The minimum Gasteiger partial charge on any atom is -0.356 e. The van der Waals surface area contributed by atoms with E-state index in [1.807, 2.05) is 7.05 Å². The van der Waals surface area contributed by atoms with E-state index < -0.39 is 0 Å². The summed E-state index contributed by atoms with van der Waals surface area (Å²) < 4.78 is 0. The van der Waals surface area contributed by atoms with Crippen molar-refractivity contribution in [1.82, 2.24) is 20.4 Å². The molecule has 3 rings (SSSR count). The third-order valence-corrected chi connectivity index (χ3v) is 6.80. The molecule has 1 atom stereocenters. The summed E-state index contributed by atoms with van der Waals surface area (Å²) in [7, 11) is 1.86. The Hall–Kier alpha value is -1.24. The van der Waals surface area contributed by atoms with Crippen molar-refractivity contribution in [2.24, 2.45) is 4.99 Å². The zero-order valence-electron chi connectivity index (χ0n) is 16.7. The van der Waals surface area contributed by atoms with Gasteiger partial charge in [-0.1, -0.05) is 30.3 Å². The molecule has 5 nitrogen and oxygen atoms in total. The first kappa shape index (κ1) is 20.5. The highest BCUT2D eigenvalue weighted by molar-refractivity contribution is 8.00. The molecule has 1 aromatic carbocycles. The molecule has 0 bridgehead atoms. The van der Waals surface area contributed by atoms with E-state index in [-0.39, 0.29) is 0 Å². The number of guanidine groups is 1. The van der Waals surface area contributed by atoms with Crippen molar-refractivity contribution in [3.63, 3.8) is 0 Å². The van der Waals surface area contributed by atoms with Crippen LogP contribution in [0, 0.1) is 0 Å². The second-order valence-corrected chi connectivity index (χ2v) is 8.88. The molecule has 0 amide bonds. The van der Waals surface area contributed by atoms with E-state index in [9.17, 15) is 0 Å². The summed E-state index contributed by atoms with van der Waals surface area (Å²) in [6.07, 6.45) is 3.87. The Morgan fingerprint density at radius 1 is 1.11 bits per heavy atom. The summed E-state index contributed by atoms with van der Waals surface area (Å²) in [5.74, 6) is 2.27. The normalized spacial score (nSPS) is 22.1. The number of nitrogens with one attached hydrogen (secondary N) is 2. The van der Waals surface area contributed by atoms with E-state index in [0.29, 0.717) is 0 Å². The van der Waals surface area contributed by atoms with Gasteiger partial charge in [0, 0.05) is 58.1 Å². The van der Waals surface area contributed by atoms with Gasteiger partial charge in [0.1, 0.15) is 0 Å². The molecule has 0 spiro atoms. The minimum absolute atomic E-state index is 0.760. The Morgan fingerprint density at radius 2 is 1.89 bits per heavy atom. The summed E-state index contributed by atoms with van der Waals surface area (Å²) in [6, 6.07) is 10.8. The Balaban J connectivity index is 1.24. The standard InChI is InChI=1S/C21H35N5S/c1-22-21(24-17-20-9-5-16-27-20)23-10-6-11-25-12-14-26(15-13-25)18-19-7-3-2-4-8-19/h2-4,7-8,20H,5-6,9-18H2,1H3,(H2,22,23,24). The molecule has 150 valence electrons. The molecule has 6 heteroatoms. The van der Waals surface area contributed by atoms with Crippen LogP contribution in [0.3, 0.4) is 0 Å². The second-order valence-electron chi connectivity index (χ2n) is 7.47.